The van der Waals surface area contributed by atoms with Crippen molar-refractivity contribution in [2.45, 2.75) is 19.8 Å². The average Bonchev–Trinajstić information content (AvgIpc) is 2.56. The molecule has 0 radical (unpaired) electrons. The zero-order chi connectivity index (χ0) is 8.97. The van der Waals surface area contributed by atoms with E-state index in [-0.39, 0.29) is 5.91 Å². The first-order chi connectivity index (χ1) is 5.74. The second kappa shape index (κ2) is 4.45. The van der Waals surface area contributed by atoms with Crippen LogP contribution in [-0.4, -0.2) is 48.9 Å². The SMILES string of the molecule is CCN(C)CC(=O)N1CCCC1. The highest BCUT2D eigenvalue weighted by Crippen LogP contribution is 2.07. The molecule has 0 unspecified atom stereocenters. The summed E-state index contributed by atoms with van der Waals surface area (Å²) in [4.78, 5) is 15.5. The number of nitrogens with zero attached hydrogens (tertiary/aromatic N) is 2. The minimum atomic E-state index is 0.289. The smallest absolute Gasteiger partial charge is 0.236 e. The molecule has 1 aliphatic heterocycles. The Labute approximate surface area is 74.3 Å². The Hall–Kier alpha value is -0.570. The molecule has 1 fully saturated rings. The summed E-state index contributed by atoms with van der Waals surface area (Å²) in [5, 5.41) is 0. The summed E-state index contributed by atoms with van der Waals surface area (Å²) >= 11 is 0. The number of hydrogen-bond donors (Lipinski definition) is 0. The number of carbonyl (C=O) groups is 1. The van der Waals surface area contributed by atoms with E-state index in [4.69, 9.17) is 0 Å². The van der Waals surface area contributed by atoms with Crippen LogP contribution in [0.1, 0.15) is 19.8 Å². The molecule has 70 valence electrons. The summed E-state index contributed by atoms with van der Waals surface area (Å²) in [7, 11) is 1.98. The van der Waals surface area contributed by atoms with Crippen LogP contribution in [0.5, 0.6) is 0 Å². The van der Waals surface area contributed by atoms with Gasteiger partial charge in [0.2, 0.25) is 5.91 Å². The molecular weight excluding hydrogens is 152 g/mol. The van der Waals surface area contributed by atoms with Crippen molar-refractivity contribution in [3.8, 4) is 0 Å². The predicted molar refractivity (Wildman–Crippen MR) is 49.0 cm³/mol. The number of carbonyl (C=O) groups excluding carboxylic acids is 1. The average molecular weight is 170 g/mol. The van der Waals surface area contributed by atoms with Crippen LogP contribution >= 0.6 is 0 Å². The first-order valence-electron chi connectivity index (χ1n) is 4.70. The Bertz CT molecular complexity index is 153. The molecule has 0 atom stereocenters. The number of hydrogen-bond acceptors (Lipinski definition) is 2. The number of amides is 1. The van der Waals surface area contributed by atoms with Crippen molar-refractivity contribution >= 4 is 5.91 Å². The quantitative estimate of drug-likeness (QED) is 0.618. The summed E-state index contributed by atoms with van der Waals surface area (Å²) in [6.07, 6.45) is 2.36. The van der Waals surface area contributed by atoms with Crippen LogP contribution in [-0.2, 0) is 4.79 Å². The minimum Gasteiger partial charge on any atom is -0.342 e. The lowest BCUT2D eigenvalue weighted by Gasteiger charge is -2.19. The summed E-state index contributed by atoms with van der Waals surface area (Å²) in [5.41, 5.74) is 0. The van der Waals surface area contributed by atoms with Gasteiger partial charge in [-0.3, -0.25) is 9.69 Å². The topological polar surface area (TPSA) is 23.6 Å². The van der Waals surface area contributed by atoms with Crippen molar-refractivity contribution in [1.82, 2.24) is 9.80 Å². The Morgan fingerprint density at radius 2 is 2.00 bits per heavy atom. The number of likely N-dealkylation sites (N-methyl/N-ethyl adjacent to an activating group) is 1. The summed E-state index contributed by atoms with van der Waals surface area (Å²) in [6.45, 7) is 5.53. The van der Waals surface area contributed by atoms with E-state index in [1.165, 1.54) is 12.8 Å². The van der Waals surface area contributed by atoms with Crippen LogP contribution in [0, 0.1) is 0 Å². The lowest BCUT2D eigenvalue weighted by Crippen LogP contribution is -2.37. The molecule has 0 aromatic heterocycles. The zero-order valence-electron chi connectivity index (χ0n) is 8.05. The molecule has 12 heavy (non-hydrogen) atoms. The molecule has 0 N–H and O–H groups in total. The normalized spacial score (nSPS) is 17.4. The van der Waals surface area contributed by atoms with Crippen LogP contribution in [0.15, 0.2) is 0 Å². The van der Waals surface area contributed by atoms with E-state index >= 15 is 0 Å². The van der Waals surface area contributed by atoms with Crippen LogP contribution in [0.2, 0.25) is 0 Å². The molecule has 0 saturated carbocycles. The Morgan fingerprint density at radius 3 is 2.50 bits per heavy atom. The fourth-order valence-electron chi connectivity index (χ4n) is 1.41. The van der Waals surface area contributed by atoms with E-state index in [0.717, 1.165) is 19.6 Å². The largest absolute Gasteiger partial charge is 0.342 e. The van der Waals surface area contributed by atoms with Gasteiger partial charge in [0.15, 0.2) is 0 Å². The van der Waals surface area contributed by atoms with Crippen molar-refractivity contribution in [2.24, 2.45) is 0 Å². The van der Waals surface area contributed by atoms with Gasteiger partial charge in [0.1, 0.15) is 0 Å². The maximum atomic E-state index is 11.5. The number of likely N-dealkylation sites (tertiary alicyclic amines) is 1. The fourth-order valence-corrected chi connectivity index (χ4v) is 1.41. The first kappa shape index (κ1) is 9.52. The third-order valence-electron chi connectivity index (χ3n) is 2.40. The molecule has 1 rings (SSSR count). The van der Waals surface area contributed by atoms with Gasteiger partial charge < -0.3 is 4.90 Å². The van der Waals surface area contributed by atoms with Gasteiger partial charge in [0.25, 0.3) is 0 Å². The Morgan fingerprint density at radius 1 is 1.42 bits per heavy atom. The van der Waals surface area contributed by atoms with Gasteiger partial charge >= 0.3 is 0 Å². The second-order valence-electron chi connectivity index (χ2n) is 3.42. The molecule has 0 aromatic rings. The van der Waals surface area contributed by atoms with Crippen LogP contribution < -0.4 is 0 Å². The monoisotopic (exact) mass is 170 g/mol. The van der Waals surface area contributed by atoms with Crippen molar-refractivity contribution < 1.29 is 4.79 Å². The van der Waals surface area contributed by atoms with E-state index in [1.807, 2.05) is 16.8 Å². The van der Waals surface area contributed by atoms with Crippen molar-refractivity contribution in [3.05, 3.63) is 0 Å². The molecule has 1 heterocycles. The van der Waals surface area contributed by atoms with Gasteiger partial charge in [0.05, 0.1) is 6.54 Å². The molecule has 1 saturated heterocycles. The Balaban J connectivity index is 2.27. The molecular formula is C9H18N2O. The molecule has 3 nitrogen and oxygen atoms in total. The van der Waals surface area contributed by atoms with Crippen molar-refractivity contribution in [3.63, 3.8) is 0 Å². The van der Waals surface area contributed by atoms with Crippen LogP contribution in [0.25, 0.3) is 0 Å². The molecule has 3 heteroatoms. The van der Waals surface area contributed by atoms with E-state index in [2.05, 4.69) is 6.92 Å². The molecule has 1 amide bonds. The lowest BCUT2D eigenvalue weighted by molar-refractivity contribution is -0.130. The third kappa shape index (κ3) is 2.48. The summed E-state index contributed by atoms with van der Waals surface area (Å²) < 4.78 is 0. The van der Waals surface area contributed by atoms with Crippen molar-refractivity contribution in [1.29, 1.82) is 0 Å². The third-order valence-corrected chi connectivity index (χ3v) is 2.40. The van der Waals surface area contributed by atoms with Gasteiger partial charge in [-0.15, -0.1) is 0 Å². The van der Waals surface area contributed by atoms with E-state index in [9.17, 15) is 4.79 Å². The number of rotatable bonds is 3. The minimum absolute atomic E-state index is 0.289. The molecule has 0 aromatic carbocycles. The maximum absolute atomic E-state index is 11.5. The van der Waals surface area contributed by atoms with E-state index < -0.39 is 0 Å². The predicted octanol–water partition coefficient (Wildman–Crippen LogP) is 0.560. The highest BCUT2D eigenvalue weighted by atomic mass is 16.2. The molecule has 0 bridgehead atoms. The van der Waals surface area contributed by atoms with Crippen LogP contribution in [0.3, 0.4) is 0 Å². The summed E-state index contributed by atoms with van der Waals surface area (Å²) in [6, 6.07) is 0. The highest BCUT2D eigenvalue weighted by molar-refractivity contribution is 5.78. The van der Waals surface area contributed by atoms with E-state index in [0.29, 0.717) is 6.54 Å². The maximum Gasteiger partial charge on any atom is 0.236 e. The van der Waals surface area contributed by atoms with Gasteiger partial charge in [0, 0.05) is 13.1 Å². The second-order valence-corrected chi connectivity index (χ2v) is 3.42. The van der Waals surface area contributed by atoms with Gasteiger partial charge in [-0.25, -0.2) is 0 Å². The van der Waals surface area contributed by atoms with Crippen molar-refractivity contribution in [2.75, 3.05) is 33.2 Å². The van der Waals surface area contributed by atoms with Gasteiger partial charge in [-0.05, 0) is 26.4 Å². The lowest BCUT2D eigenvalue weighted by atomic mass is 10.4. The zero-order valence-corrected chi connectivity index (χ0v) is 8.05. The molecule has 1 aliphatic rings. The summed E-state index contributed by atoms with van der Waals surface area (Å²) in [5.74, 6) is 0.289. The molecule has 0 spiro atoms. The van der Waals surface area contributed by atoms with Crippen LogP contribution in [0.4, 0.5) is 0 Å². The standard InChI is InChI=1S/C9H18N2O/c1-3-10(2)8-9(12)11-6-4-5-7-11/h3-8H2,1-2H3. The fraction of sp³-hybridized carbons (Fsp3) is 0.889. The van der Waals surface area contributed by atoms with E-state index in [1.54, 1.807) is 0 Å². The highest BCUT2D eigenvalue weighted by Gasteiger charge is 2.18. The van der Waals surface area contributed by atoms with Gasteiger partial charge in [-0.1, -0.05) is 6.92 Å². The van der Waals surface area contributed by atoms with Gasteiger partial charge in [-0.2, -0.15) is 0 Å². The Kier molecular flexibility index (Phi) is 3.53. The molecule has 0 aliphatic carbocycles. The first-order valence-corrected chi connectivity index (χ1v) is 4.70.